The Hall–Kier alpha value is -1.68. The number of likely N-dealkylation sites (N-methyl/N-ethyl adjacent to an activating group) is 1. The first kappa shape index (κ1) is 11.8. The molecule has 2 aromatic rings. The molecule has 1 N–H and O–H groups in total. The third-order valence-electron chi connectivity index (χ3n) is 2.53. The summed E-state index contributed by atoms with van der Waals surface area (Å²) in [4.78, 5) is 4.12. The van der Waals surface area contributed by atoms with Crippen molar-refractivity contribution in [1.29, 1.82) is 0 Å². The van der Waals surface area contributed by atoms with Crippen LogP contribution in [0.1, 0.15) is 11.5 Å². The molecule has 0 bridgehead atoms. The highest BCUT2D eigenvalue weighted by Crippen LogP contribution is 2.24. The smallest absolute Gasteiger partial charge is 0.196 e. The van der Waals surface area contributed by atoms with Crippen LogP contribution in [-0.4, -0.2) is 18.6 Å². The van der Waals surface area contributed by atoms with Gasteiger partial charge in [-0.25, -0.2) is 9.37 Å². The van der Waals surface area contributed by atoms with Crippen molar-refractivity contribution in [2.24, 2.45) is 0 Å². The molecule has 0 atom stereocenters. The fraction of sp³-hybridized carbons (Fsp3) is 0.308. The molecule has 0 aliphatic carbocycles. The van der Waals surface area contributed by atoms with Gasteiger partial charge in [-0.2, -0.15) is 0 Å². The summed E-state index contributed by atoms with van der Waals surface area (Å²) in [6.07, 6.45) is 2.27. The van der Waals surface area contributed by atoms with Gasteiger partial charge in [0.1, 0.15) is 5.82 Å². The van der Waals surface area contributed by atoms with E-state index in [0.29, 0.717) is 23.6 Å². The van der Waals surface area contributed by atoms with Crippen LogP contribution in [0.15, 0.2) is 28.8 Å². The van der Waals surface area contributed by atoms with Crippen LogP contribution < -0.4 is 5.32 Å². The highest BCUT2D eigenvalue weighted by atomic mass is 19.1. The molecule has 17 heavy (non-hydrogen) atoms. The predicted octanol–water partition coefficient (Wildman–Crippen LogP) is 2.55. The van der Waals surface area contributed by atoms with E-state index in [2.05, 4.69) is 10.3 Å². The first-order valence-corrected chi connectivity index (χ1v) is 5.56. The molecule has 0 unspecified atom stereocenters. The monoisotopic (exact) mass is 234 g/mol. The molecule has 0 aliphatic heterocycles. The predicted molar refractivity (Wildman–Crippen MR) is 64.3 cm³/mol. The standard InChI is InChI=1S/C13H15FN2O/c1-9-3-4-10(11(14)7-9)12-8-16-13(17-12)5-6-15-2/h3-4,7-8,15H,5-6H2,1-2H3. The van der Waals surface area contributed by atoms with Crippen LogP contribution in [0.2, 0.25) is 0 Å². The van der Waals surface area contributed by atoms with E-state index >= 15 is 0 Å². The van der Waals surface area contributed by atoms with Gasteiger partial charge in [-0.3, -0.25) is 0 Å². The molecule has 0 amide bonds. The van der Waals surface area contributed by atoms with Gasteiger partial charge in [0.2, 0.25) is 0 Å². The minimum absolute atomic E-state index is 0.277. The van der Waals surface area contributed by atoms with Crippen molar-refractivity contribution >= 4 is 0 Å². The molecular formula is C13H15FN2O. The van der Waals surface area contributed by atoms with Crippen LogP contribution >= 0.6 is 0 Å². The Balaban J connectivity index is 2.24. The molecule has 0 spiro atoms. The molecule has 90 valence electrons. The van der Waals surface area contributed by atoms with Crippen molar-refractivity contribution in [1.82, 2.24) is 10.3 Å². The molecule has 0 saturated carbocycles. The van der Waals surface area contributed by atoms with E-state index < -0.39 is 0 Å². The molecule has 3 nitrogen and oxygen atoms in total. The van der Waals surface area contributed by atoms with Gasteiger partial charge in [-0.15, -0.1) is 0 Å². The maximum Gasteiger partial charge on any atom is 0.196 e. The number of rotatable bonds is 4. The summed E-state index contributed by atoms with van der Waals surface area (Å²) in [7, 11) is 1.86. The zero-order valence-electron chi connectivity index (χ0n) is 9.96. The van der Waals surface area contributed by atoms with Crippen LogP contribution in [-0.2, 0) is 6.42 Å². The molecule has 1 heterocycles. The van der Waals surface area contributed by atoms with Gasteiger partial charge in [0.05, 0.1) is 11.8 Å². The minimum Gasteiger partial charge on any atom is -0.441 e. The number of hydrogen-bond acceptors (Lipinski definition) is 3. The Morgan fingerprint density at radius 2 is 2.24 bits per heavy atom. The van der Waals surface area contributed by atoms with E-state index in [0.717, 1.165) is 12.1 Å². The largest absolute Gasteiger partial charge is 0.441 e. The highest BCUT2D eigenvalue weighted by Gasteiger charge is 2.10. The fourth-order valence-corrected chi connectivity index (χ4v) is 1.60. The van der Waals surface area contributed by atoms with E-state index in [-0.39, 0.29) is 5.82 Å². The van der Waals surface area contributed by atoms with Crippen LogP contribution in [0.25, 0.3) is 11.3 Å². The fourth-order valence-electron chi connectivity index (χ4n) is 1.60. The lowest BCUT2D eigenvalue weighted by Gasteiger charge is -2.00. The van der Waals surface area contributed by atoms with Gasteiger partial charge < -0.3 is 9.73 Å². The quantitative estimate of drug-likeness (QED) is 0.883. The normalized spacial score (nSPS) is 10.8. The van der Waals surface area contributed by atoms with Gasteiger partial charge in [-0.05, 0) is 31.7 Å². The van der Waals surface area contributed by atoms with E-state index in [1.165, 1.54) is 6.07 Å². The lowest BCUT2D eigenvalue weighted by atomic mass is 10.1. The first-order chi connectivity index (χ1) is 8.20. The molecule has 0 radical (unpaired) electrons. The molecule has 1 aromatic carbocycles. The zero-order chi connectivity index (χ0) is 12.3. The third-order valence-corrected chi connectivity index (χ3v) is 2.53. The van der Waals surface area contributed by atoms with Crippen molar-refractivity contribution in [2.75, 3.05) is 13.6 Å². The Bertz CT molecular complexity index is 508. The maximum atomic E-state index is 13.7. The van der Waals surface area contributed by atoms with Crippen LogP contribution in [0.4, 0.5) is 4.39 Å². The van der Waals surface area contributed by atoms with Gasteiger partial charge in [-0.1, -0.05) is 6.07 Å². The van der Waals surface area contributed by atoms with Crippen LogP contribution in [0.5, 0.6) is 0 Å². The van der Waals surface area contributed by atoms with Gasteiger partial charge >= 0.3 is 0 Å². The van der Waals surface area contributed by atoms with Crippen molar-refractivity contribution in [3.8, 4) is 11.3 Å². The zero-order valence-corrected chi connectivity index (χ0v) is 9.96. The second-order valence-corrected chi connectivity index (χ2v) is 3.96. The summed E-state index contributed by atoms with van der Waals surface area (Å²) in [5.41, 5.74) is 1.35. The van der Waals surface area contributed by atoms with E-state index in [4.69, 9.17) is 4.42 Å². The van der Waals surface area contributed by atoms with E-state index in [9.17, 15) is 4.39 Å². The number of nitrogens with one attached hydrogen (secondary N) is 1. The Morgan fingerprint density at radius 1 is 1.41 bits per heavy atom. The summed E-state index contributed by atoms with van der Waals surface area (Å²) in [5.74, 6) is 0.823. The Kier molecular flexibility index (Phi) is 3.54. The van der Waals surface area contributed by atoms with Gasteiger partial charge in [0, 0.05) is 13.0 Å². The molecule has 0 saturated heterocycles. The summed E-state index contributed by atoms with van der Waals surface area (Å²) >= 11 is 0. The topological polar surface area (TPSA) is 38.1 Å². The van der Waals surface area contributed by atoms with Crippen LogP contribution in [0.3, 0.4) is 0 Å². The molecular weight excluding hydrogens is 219 g/mol. The van der Waals surface area contributed by atoms with Gasteiger partial charge in [0.25, 0.3) is 0 Å². The minimum atomic E-state index is -0.277. The number of aryl methyl sites for hydroxylation is 1. The van der Waals surface area contributed by atoms with E-state index in [1.807, 2.05) is 20.0 Å². The molecule has 0 aliphatic rings. The van der Waals surface area contributed by atoms with Crippen molar-refractivity contribution in [3.05, 3.63) is 41.7 Å². The van der Waals surface area contributed by atoms with E-state index in [1.54, 1.807) is 12.3 Å². The average molecular weight is 234 g/mol. The third kappa shape index (κ3) is 2.71. The number of hydrogen-bond donors (Lipinski definition) is 1. The van der Waals surface area contributed by atoms with Crippen LogP contribution in [0, 0.1) is 12.7 Å². The number of oxazole rings is 1. The SMILES string of the molecule is CNCCc1ncc(-c2ccc(C)cc2F)o1. The Labute approximate surface area is 99.7 Å². The summed E-state index contributed by atoms with van der Waals surface area (Å²) in [6, 6.07) is 5.06. The molecule has 2 rings (SSSR count). The number of nitrogens with zero attached hydrogens (tertiary/aromatic N) is 1. The molecule has 0 fully saturated rings. The average Bonchev–Trinajstić information content (AvgIpc) is 2.75. The summed E-state index contributed by atoms with van der Waals surface area (Å²) in [5, 5.41) is 3.01. The maximum absolute atomic E-state index is 13.7. The highest BCUT2D eigenvalue weighted by molar-refractivity contribution is 5.57. The first-order valence-electron chi connectivity index (χ1n) is 5.56. The van der Waals surface area contributed by atoms with Crippen molar-refractivity contribution < 1.29 is 8.81 Å². The second kappa shape index (κ2) is 5.10. The number of aromatic nitrogens is 1. The van der Waals surface area contributed by atoms with Crippen molar-refractivity contribution in [3.63, 3.8) is 0 Å². The Morgan fingerprint density at radius 3 is 2.94 bits per heavy atom. The lowest BCUT2D eigenvalue weighted by Crippen LogP contribution is -2.10. The van der Waals surface area contributed by atoms with Gasteiger partial charge in [0.15, 0.2) is 11.7 Å². The number of benzene rings is 1. The second-order valence-electron chi connectivity index (χ2n) is 3.96. The number of halogens is 1. The summed E-state index contributed by atoms with van der Waals surface area (Å²) < 4.78 is 19.2. The molecule has 1 aromatic heterocycles. The molecule has 4 heteroatoms. The van der Waals surface area contributed by atoms with Crippen molar-refractivity contribution in [2.45, 2.75) is 13.3 Å². The summed E-state index contributed by atoms with van der Waals surface area (Å²) in [6.45, 7) is 2.64. The lowest BCUT2D eigenvalue weighted by molar-refractivity contribution is 0.497.